The molecule has 3 N–H and O–H groups in total. The first kappa shape index (κ1) is 21.2. The Hall–Kier alpha value is -3.38. The van der Waals surface area contributed by atoms with Crippen molar-refractivity contribution in [2.24, 2.45) is 11.8 Å². The quantitative estimate of drug-likeness (QED) is 0.546. The third kappa shape index (κ3) is 3.92. The van der Waals surface area contributed by atoms with Crippen molar-refractivity contribution >= 4 is 16.8 Å². The van der Waals surface area contributed by atoms with E-state index in [4.69, 9.17) is 4.74 Å². The molecule has 3 aliphatic rings. The summed E-state index contributed by atoms with van der Waals surface area (Å²) in [4.78, 5) is 13.3. The number of amides is 1. The number of hydrogen-bond donors (Lipinski definition) is 3. The smallest absolute Gasteiger partial charge is 0.251 e. The van der Waals surface area contributed by atoms with Crippen molar-refractivity contribution in [3.05, 3.63) is 71.3 Å². The maximum Gasteiger partial charge on any atom is 0.251 e. The van der Waals surface area contributed by atoms with E-state index in [0.717, 1.165) is 66.9 Å². The molecule has 2 aliphatic heterocycles. The number of aromatic nitrogens is 2. The molecule has 1 aromatic heterocycles. The number of allylic oxidation sites excluding steroid dienone is 3. The maximum atomic E-state index is 13.3. The van der Waals surface area contributed by atoms with Gasteiger partial charge in [0.1, 0.15) is 5.75 Å². The Labute approximate surface area is 199 Å². The van der Waals surface area contributed by atoms with Crippen LogP contribution in [0.3, 0.4) is 0 Å². The number of nitrogens with one attached hydrogen (secondary N) is 3. The molecule has 0 spiro atoms. The highest BCUT2D eigenvalue weighted by molar-refractivity contribution is 6.01. The fourth-order valence-corrected chi connectivity index (χ4v) is 5.39. The number of rotatable bonds is 4. The van der Waals surface area contributed by atoms with Gasteiger partial charge in [-0.25, -0.2) is 0 Å². The molecule has 6 rings (SSSR count). The number of H-pyrrole nitrogens is 1. The summed E-state index contributed by atoms with van der Waals surface area (Å²) in [6.07, 6.45) is 9.92. The standard InChI is InChI=1S/C28H30N4O2/c1-17-2-4-18(5-3-17)22-10-12-29-16-25(22)30-28(33)21-6-8-24-23(15-21)27(32-31-24)20-7-9-26-19(14-20)11-13-34-26/h2,4-9,14-15,17,22,25,29H,3,10-13,16H2,1H3,(H,30,33)(H,31,32)/t17?,22-,25+/m0/s1. The zero-order chi connectivity index (χ0) is 23.1. The van der Waals surface area contributed by atoms with Crippen LogP contribution in [0.2, 0.25) is 0 Å². The number of piperidine rings is 1. The van der Waals surface area contributed by atoms with Gasteiger partial charge in [0.25, 0.3) is 5.91 Å². The Kier molecular flexibility index (Phi) is 5.46. The van der Waals surface area contributed by atoms with Gasteiger partial charge in [-0.1, -0.05) is 25.2 Å². The second kappa shape index (κ2) is 8.76. The van der Waals surface area contributed by atoms with Crippen molar-refractivity contribution < 1.29 is 9.53 Å². The number of carbonyl (C=O) groups excluding carboxylic acids is 1. The molecule has 1 aliphatic carbocycles. The van der Waals surface area contributed by atoms with Gasteiger partial charge >= 0.3 is 0 Å². The zero-order valence-corrected chi connectivity index (χ0v) is 19.4. The number of nitrogens with zero attached hydrogens (tertiary/aromatic N) is 1. The highest BCUT2D eigenvalue weighted by atomic mass is 16.5. The van der Waals surface area contributed by atoms with Crippen molar-refractivity contribution in [3.8, 4) is 17.0 Å². The minimum absolute atomic E-state index is 0.0381. The van der Waals surface area contributed by atoms with E-state index in [2.05, 4.69) is 52.0 Å². The van der Waals surface area contributed by atoms with Gasteiger partial charge in [-0.2, -0.15) is 5.10 Å². The van der Waals surface area contributed by atoms with Crippen molar-refractivity contribution in [3.63, 3.8) is 0 Å². The topological polar surface area (TPSA) is 79.0 Å². The Morgan fingerprint density at radius 3 is 3.03 bits per heavy atom. The monoisotopic (exact) mass is 454 g/mol. The van der Waals surface area contributed by atoms with Crippen LogP contribution in [0, 0.1) is 11.8 Å². The molecule has 34 heavy (non-hydrogen) atoms. The van der Waals surface area contributed by atoms with Crippen LogP contribution in [0.1, 0.15) is 35.7 Å². The molecule has 6 heteroatoms. The van der Waals surface area contributed by atoms with Crippen molar-refractivity contribution in [1.82, 2.24) is 20.8 Å². The molecule has 0 radical (unpaired) electrons. The molecule has 2 aromatic carbocycles. The molecule has 6 nitrogen and oxygen atoms in total. The molecule has 3 heterocycles. The average Bonchev–Trinajstić information content (AvgIpc) is 3.51. The van der Waals surface area contributed by atoms with E-state index in [1.54, 1.807) is 0 Å². The highest BCUT2D eigenvalue weighted by Crippen LogP contribution is 2.33. The summed E-state index contributed by atoms with van der Waals surface area (Å²) in [5.74, 6) is 1.85. The van der Waals surface area contributed by atoms with Crippen LogP contribution in [0.5, 0.6) is 5.75 Å². The minimum atomic E-state index is -0.0381. The minimum Gasteiger partial charge on any atom is -0.493 e. The van der Waals surface area contributed by atoms with Crippen molar-refractivity contribution in [2.45, 2.75) is 32.2 Å². The van der Waals surface area contributed by atoms with Gasteiger partial charge in [-0.05, 0) is 72.8 Å². The van der Waals surface area contributed by atoms with Gasteiger partial charge in [0, 0.05) is 41.4 Å². The van der Waals surface area contributed by atoms with Gasteiger partial charge < -0.3 is 15.4 Å². The van der Waals surface area contributed by atoms with E-state index >= 15 is 0 Å². The first-order valence-electron chi connectivity index (χ1n) is 12.3. The predicted molar refractivity (Wildman–Crippen MR) is 134 cm³/mol. The molecule has 1 unspecified atom stereocenters. The van der Waals surface area contributed by atoms with E-state index in [0.29, 0.717) is 17.4 Å². The molecule has 3 atom stereocenters. The number of benzene rings is 2. The number of carbonyl (C=O) groups is 1. The molecule has 1 saturated heterocycles. The maximum absolute atomic E-state index is 13.3. The normalized spacial score (nSPS) is 23.9. The van der Waals surface area contributed by atoms with Crippen LogP contribution in [-0.4, -0.2) is 41.8 Å². The summed E-state index contributed by atoms with van der Waals surface area (Å²) in [5, 5.41) is 15.4. The first-order chi connectivity index (χ1) is 16.7. The molecular weight excluding hydrogens is 424 g/mol. The third-order valence-electron chi connectivity index (χ3n) is 7.36. The Balaban J connectivity index is 1.26. The lowest BCUT2D eigenvalue weighted by Gasteiger charge is -2.34. The lowest BCUT2D eigenvalue weighted by Crippen LogP contribution is -2.51. The van der Waals surface area contributed by atoms with Gasteiger partial charge in [0.15, 0.2) is 0 Å². The Morgan fingerprint density at radius 2 is 2.15 bits per heavy atom. The fourth-order valence-electron chi connectivity index (χ4n) is 5.39. The van der Waals surface area contributed by atoms with Gasteiger partial charge in [0.05, 0.1) is 17.8 Å². The molecule has 174 valence electrons. The van der Waals surface area contributed by atoms with E-state index in [-0.39, 0.29) is 11.9 Å². The van der Waals surface area contributed by atoms with Crippen LogP contribution >= 0.6 is 0 Å². The number of ether oxygens (including phenoxy) is 1. The van der Waals surface area contributed by atoms with E-state index < -0.39 is 0 Å². The largest absolute Gasteiger partial charge is 0.493 e. The molecule has 1 fully saturated rings. The fraction of sp³-hybridized carbons (Fsp3) is 0.357. The lowest BCUT2D eigenvalue weighted by atomic mass is 9.82. The highest BCUT2D eigenvalue weighted by Gasteiger charge is 2.29. The Morgan fingerprint density at radius 1 is 1.21 bits per heavy atom. The average molecular weight is 455 g/mol. The first-order valence-corrected chi connectivity index (χ1v) is 12.3. The van der Waals surface area contributed by atoms with Gasteiger partial charge in [-0.15, -0.1) is 0 Å². The molecule has 0 saturated carbocycles. The number of fused-ring (bicyclic) bond motifs is 2. The van der Waals surface area contributed by atoms with Crippen molar-refractivity contribution in [2.75, 3.05) is 19.7 Å². The zero-order valence-electron chi connectivity index (χ0n) is 19.4. The van der Waals surface area contributed by atoms with E-state index in [1.165, 1.54) is 11.1 Å². The summed E-state index contributed by atoms with van der Waals surface area (Å²) in [6, 6.07) is 12.1. The summed E-state index contributed by atoms with van der Waals surface area (Å²) in [6.45, 7) is 4.73. The SMILES string of the molecule is CC1C=CC([C@@H]2CCNC[C@H]2NC(=O)c2ccc3[nH]nc(-c4ccc5c(c4)CCO5)c3c2)=CC1. The second-order valence-corrected chi connectivity index (χ2v) is 9.71. The number of aromatic amines is 1. The van der Waals surface area contributed by atoms with Crippen molar-refractivity contribution in [1.29, 1.82) is 0 Å². The second-order valence-electron chi connectivity index (χ2n) is 9.71. The molecular formula is C28H30N4O2. The predicted octanol–water partition coefficient (Wildman–Crippen LogP) is 4.40. The van der Waals surface area contributed by atoms with Crippen LogP contribution in [0.15, 0.2) is 60.2 Å². The van der Waals surface area contributed by atoms with Crippen LogP contribution in [0.25, 0.3) is 22.2 Å². The summed E-state index contributed by atoms with van der Waals surface area (Å²) in [5.41, 5.74) is 6.05. The van der Waals surface area contributed by atoms with Crippen LogP contribution in [-0.2, 0) is 6.42 Å². The van der Waals surface area contributed by atoms with E-state index in [9.17, 15) is 4.79 Å². The van der Waals surface area contributed by atoms with E-state index in [1.807, 2.05) is 30.3 Å². The molecule has 1 amide bonds. The number of hydrogen-bond acceptors (Lipinski definition) is 4. The van der Waals surface area contributed by atoms with Crippen LogP contribution in [0.4, 0.5) is 0 Å². The Bertz CT molecular complexity index is 1300. The summed E-state index contributed by atoms with van der Waals surface area (Å²) >= 11 is 0. The molecule has 0 bridgehead atoms. The summed E-state index contributed by atoms with van der Waals surface area (Å²) < 4.78 is 5.64. The van der Waals surface area contributed by atoms with Crippen LogP contribution < -0.4 is 15.4 Å². The van der Waals surface area contributed by atoms with Gasteiger partial charge in [-0.3, -0.25) is 9.89 Å². The lowest BCUT2D eigenvalue weighted by molar-refractivity contribution is 0.0919. The third-order valence-corrected chi connectivity index (χ3v) is 7.36. The van der Waals surface area contributed by atoms with Gasteiger partial charge in [0.2, 0.25) is 0 Å². The molecule has 3 aromatic rings. The summed E-state index contributed by atoms with van der Waals surface area (Å²) in [7, 11) is 0.